The molecule has 0 aliphatic rings. The van der Waals surface area contributed by atoms with Crippen LogP contribution in [0.2, 0.25) is 10.0 Å². The number of carbonyl (C=O) groups is 5. The molecule has 0 aromatic heterocycles. The van der Waals surface area contributed by atoms with Gasteiger partial charge in [0, 0.05) is 10.0 Å². The van der Waals surface area contributed by atoms with Crippen molar-refractivity contribution < 1.29 is 73.2 Å². The van der Waals surface area contributed by atoms with Crippen molar-refractivity contribution in [1.82, 2.24) is 0 Å². The predicted octanol–water partition coefficient (Wildman–Crippen LogP) is 11.1. The molecule has 0 saturated heterocycles. The summed E-state index contributed by atoms with van der Waals surface area (Å²) in [7, 11) is 0. The standard InChI is InChI=1S/C13H18O3.2C12H16O3.2C11H13ClO3/c1-10-3-4-11(2)12(9-10)5-7-16-8-6-13(14)15;1-10-2-4-11(5-3-10)6-8-15-9-7-12(13)14;1-10-3-2-4-11(9-10)5-7-15-8-6-12(13)14;12-10-3-1-9(2-4-10)5-7-15-8-6-11(13)14;12-10-4-2-1-3-9(10)5-7-15-8-6-11(13)14/h3-4,9H,5-8H2,1-2H3,(H,14,15);2-5H,6-9H2,1H3,(H,13,14);2-4,9H,5-8H2,1H3,(H,13,14);2*1-4H,5-8H2,(H,13,14). The van der Waals surface area contributed by atoms with Gasteiger partial charge in [-0.2, -0.15) is 0 Å². The Labute approximate surface area is 457 Å². The van der Waals surface area contributed by atoms with Gasteiger partial charge in [0.2, 0.25) is 0 Å². The fraction of sp³-hybridized carbons (Fsp3) is 0.407. The first-order valence-electron chi connectivity index (χ1n) is 25.0. The minimum absolute atomic E-state index is 0.0442. The molecule has 5 aromatic rings. The minimum atomic E-state index is -0.840. The average Bonchev–Trinajstić information content (AvgIpc) is 3.36. The molecule has 15 nitrogen and oxygen atoms in total. The highest BCUT2D eigenvalue weighted by atomic mass is 35.5. The molecular weight excluding hydrogens is 1020 g/mol. The fourth-order valence-electron chi connectivity index (χ4n) is 6.29. The van der Waals surface area contributed by atoms with Crippen LogP contribution in [0.5, 0.6) is 0 Å². The van der Waals surface area contributed by atoms with E-state index in [4.69, 9.17) is 72.4 Å². The highest BCUT2D eigenvalue weighted by Gasteiger charge is 2.04. The van der Waals surface area contributed by atoms with Crippen molar-refractivity contribution in [2.24, 2.45) is 0 Å². The maximum absolute atomic E-state index is 10.3. The molecule has 76 heavy (non-hydrogen) atoms. The summed E-state index contributed by atoms with van der Waals surface area (Å²) >= 11 is 11.7. The van der Waals surface area contributed by atoms with Crippen LogP contribution in [-0.2, 0) is 79.8 Å². The lowest BCUT2D eigenvalue weighted by Crippen LogP contribution is -2.06. The summed E-state index contributed by atoms with van der Waals surface area (Å²) in [6.45, 7) is 12.4. The fourth-order valence-corrected chi connectivity index (χ4v) is 6.64. The Balaban J connectivity index is 0.000000475. The molecule has 0 radical (unpaired) electrons. The molecule has 0 bridgehead atoms. The Morgan fingerprint density at radius 3 is 1.14 bits per heavy atom. The van der Waals surface area contributed by atoms with Crippen LogP contribution >= 0.6 is 23.2 Å². The highest BCUT2D eigenvalue weighted by molar-refractivity contribution is 6.31. The molecule has 0 saturated carbocycles. The van der Waals surface area contributed by atoms with Crippen molar-refractivity contribution in [3.05, 3.63) is 175 Å². The summed E-state index contributed by atoms with van der Waals surface area (Å²) in [4.78, 5) is 51.0. The second kappa shape index (κ2) is 43.0. The Bertz CT molecular complexity index is 2330. The second-order valence-corrected chi connectivity index (χ2v) is 18.0. The molecule has 0 atom stereocenters. The molecule has 0 heterocycles. The van der Waals surface area contributed by atoms with Crippen molar-refractivity contribution in [3.63, 3.8) is 0 Å². The third-order valence-electron chi connectivity index (χ3n) is 10.5. The zero-order valence-corrected chi connectivity index (χ0v) is 45.7. The van der Waals surface area contributed by atoms with E-state index in [9.17, 15) is 24.0 Å². The number of benzene rings is 5. The topological polar surface area (TPSA) is 233 Å². The minimum Gasteiger partial charge on any atom is -0.481 e. The maximum atomic E-state index is 10.3. The number of aliphatic carboxylic acids is 5. The number of ether oxygens (including phenoxy) is 5. The van der Waals surface area contributed by atoms with Crippen LogP contribution in [0.1, 0.15) is 82.2 Å². The number of hydrogen-bond donors (Lipinski definition) is 5. The van der Waals surface area contributed by atoms with Crippen LogP contribution in [0.3, 0.4) is 0 Å². The van der Waals surface area contributed by atoms with Crippen molar-refractivity contribution in [3.8, 4) is 0 Å². The summed E-state index contributed by atoms with van der Waals surface area (Å²) in [5.41, 5.74) is 10.8. The van der Waals surface area contributed by atoms with Crippen molar-refractivity contribution in [1.29, 1.82) is 0 Å². The van der Waals surface area contributed by atoms with Gasteiger partial charge in [0.15, 0.2) is 0 Å². The van der Waals surface area contributed by atoms with E-state index in [0.29, 0.717) is 64.3 Å². The number of carboxylic acids is 5. The van der Waals surface area contributed by atoms with Crippen LogP contribution in [-0.4, -0.2) is 121 Å². The Hall–Kier alpha value is -6.17. The molecule has 0 fully saturated rings. The molecule has 416 valence electrons. The smallest absolute Gasteiger partial charge is 0.305 e. The average molecular weight is 1100 g/mol. The maximum Gasteiger partial charge on any atom is 0.305 e. The Morgan fingerprint density at radius 1 is 0.355 bits per heavy atom. The first-order valence-corrected chi connectivity index (χ1v) is 25.7. The van der Waals surface area contributed by atoms with Gasteiger partial charge in [0.1, 0.15) is 0 Å². The van der Waals surface area contributed by atoms with Gasteiger partial charge in [-0.25, -0.2) is 0 Å². The summed E-state index contributed by atoms with van der Waals surface area (Å²) in [5, 5.41) is 43.4. The zero-order valence-electron chi connectivity index (χ0n) is 44.2. The Kier molecular flexibility index (Phi) is 38.4. The van der Waals surface area contributed by atoms with E-state index < -0.39 is 29.8 Å². The van der Waals surface area contributed by atoms with Gasteiger partial charge in [-0.15, -0.1) is 0 Å². The summed E-state index contributed by atoms with van der Waals surface area (Å²) < 4.78 is 26.0. The van der Waals surface area contributed by atoms with Crippen molar-refractivity contribution in [2.45, 2.75) is 91.9 Å². The molecule has 0 spiro atoms. The van der Waals surface area contributed by atoms with Crippen LogP contribution in [0, 0.1) is 27.7 Å². The van der Waals surface area contributed by atoms with E-state index >= 15 is 0 Å². The number of carboxylic acid groups (broad SMARTS) is 5. The van der Waals surface area contributed by atoms with Gasteiger partial charge in [0.25, 0.3) is 0 Å². The first kappa shape index (κ1) is 67.8. The largest absolute Gasteiger partial charge is 0.481 e. The molecule has 0 aliphatic carbocycles. The van der Waals surface area contributed by atoms with Crippen molar-refractivity contribution in [2.75, 3.05) is 66.1 Å². The molecule has 0 amide bonds. The number of rotatable bonds is 30. The van der Waals surface area contributed by atoms with Crippen LogP contribution in [0.15, 0.2) is 115 Å². The van der Waals surface area contributed by atoms with E-state index in [1.54, 1.807) is 0 Å². The quantitative estimate of drug-likeness (QED) is 0.0269. The van der Waals surface area contributed by atoms with Crippen LogP contribution in [0.25, 0.3) is 0 Å². The van der Waals surface area contributed by atoms with Gasteiger partial charge in [-0.05, 0) is 111 Å². The van der Waals surface area contributed by atoms with Crippen molar-refractivity contribution >= 4 is 53.0 Å². The van der Waals surface area contributed by atoms with Gasteiger partial charge >= 0.3 is 29.8 Å². The predicted molar refractivity (Wildman–Crippen MR) is 295 cm³/mol. The van der Waals surface area contributed by atoms with Crippen LogP contribution in [0.4, 0.5) is 0 Å². The van der Waals surface area contributed by atoms with Gasteiger partial charge in [-0.1, -0.05) is 137 Å². The third kappa shape index (κ3) is 39.3. The van der Waals surface area contributed by atoms with Gasteiger partial charge < -0.3 is 49.2 Å². The van der Waals surface area contributed by atoms with E-state index in [-0.39, 0.29) is 45.3 Å². The Morgan fingerprint density at radius 2 is 0.724 bits per heavy atom. The number of halogens is 2. The first-order chi connectivity index (χ1) is 36.3. The molecule has 5 N–H and O–H groups in total. The lowest BCUT2D eigenvalue weighted by molar-refractivity contribution is -0.139. The lowest BCUT2D eigenvalue weighted by atomic mass is 10.0. The molecule has 0 aliphatic heterocycles. The van der Waals surface area contributed by atoms with E-state index in [1.807, 2.05) is 67.6 Å². The SMILES string of the molecule is Cc1ccc(C)c(CCOCCC(=O)O)c1.Cc1ccc(CCOCCC(=O)O)cc1.Cc1cccc(CCOCCC(=O)O)c1.O=C(O)CCOCCc1ccc(Cl)cc1.O=C(O)CCOCCc1ccccc1Cl. The lowest BCUT2D eigenvalue weighted by Gasteiger charge is -2.07. The molecular formula is C59H76Cl2O15. The summed E-state index contributed by atoms with van der Waals surface area (Å²) in [6.07, 6.45) is 4.32. The summed E-state index contributed by atoms with van der Waals surface area (Å²) in [5.74, 6) is -4.11. The zero-order chi connectivity index (χ0) is 56.4. The van der Waals surface area contributed by atoms with E-state index in [1.165, 1.54) is 38.9 Å². The normalized spacial score (nSPS) is 10.2. The highest BCUT2D eigenvalue weighted by Crippen LogP contribution is 2.16. The van der Waals surface area contributed by atoms with E-state index in [0.717, 1.165) is 41.8 Å². The van der Waals surface area contributed by atoms with E-state index in [2.05, 4.69) is 75.4 Å². The van der Waals surface area contributed by atoms with Gasteiger partial charge in [0.05, 0.1) is 98.2 Å². The summed E-state index contributed by atoms with van der Waals surface area (Å²) in [6, 6.07) is 37.9. The molecule has 0 unspecified atom stereocenters. The number of aryl methyl sites for hydroxylation is 4. The molecule has 5 aromatic carbocycles. The third-order valence-corrected chi connectivity index (χ3v) is 11.1. The second-order valence-electron chi connectivity index (χ2n) is 17.2. The van der Waals surface area contributed by atoms with Gasteiger partial charge in [-0.3, -0.25) is 24.0 Å². The number of hydrogen-bond acceptors (Lipinski definition) is 10. The molecule has 17 heteroatoms. The van der Waals surface area contributed by atoms with Crippen LogP contribution < -0.4 is 0 Å². The monoisotopic (exact) mass is 1090 g/mol. The molecule has 5 rings (SSSR count).